The van der Waals surface area contributed by atoms with Gasteiger partial charge >= 0.3 is 0 Å². The molecule has 0 saturated heterocycles. The van der Waals surface area contributed by atoms with Crippen LogP contribution in [0.2, 0.25) is 0 Å². The van der Waals surface area contributed by atoms with E-state index in [9.17, 15) is 4.79 Å². The lowest BCUT2D eigenvalue weighted by molar-refractivity contribution is 0.111. The number of hydrogen-bond donors (Lipinski definition) is 0. The summed E-state index contributed by atoms with van der Waals surface area (Å²) in [6.45, 7) is 0.876. The zero-order valence-corrected chi connectivity index (χ0v) is 8.41. The minimum atomic E-state index is 0.496. The molecule has 2 aromatic heterocycles. The first-order valence-electron chi connectivity index (χ1n) is 4.38. The Bertz CT molecular complexity index is 405. The molecule has 0 aromatic carbocycles. The molecule has 0 spiro atoms. The predicted molar refractivity (Wildman–Crippen MR) is 55.6 cm³/mol. The molecule has 0 saturated carbocycles. The molecule has 0 aliphatic carbocycles. The van der Waals surface area contributed by atoms with Gasteiger partial charge in [-0.05, 0) is 17.9 Å². The highest BCUT2D eigenvalue weighted by Gasteiger charge is 1.98. The van der Waals surface area contributed by atoms with Crippen molar-refractivity contribution in [1.29, 1.82) is 0 Å². The van der Waals surface area contributed by atoms with Crippen LogP contribution in [0.4, 0.5) is 0 Å². The molecule has 0 amide bonds. The molecule has 0 N–H and O–H groups in total. The fraction of sp³-hybridized carbons (Fsp3) is 0.200. The van der Waals surface area contributed by atoms with Crippen molar-refractivity contribution in [2.75, 3.05) is 0 Å². The number of aromatic nitrogens is 2. The Kier molecular flexibility index (Phi) is 2.74. The van der Waals surface area contributed by atoms with Crippen molar-refractivity contribution in [3.05, 3.63) is 40.6 Å². The summed E-state index contributed by atoms with van der Waals surface area (Å²) in [6.07, 6.45) is 5.21. The molecule has 0 aliphatic rings. The smallest absolute Gasteiger partial charge is 0.169 e. The van der Waals surface area contributed by atoms with Gasteiger partial charge in [0, 0.05) is 17.6 Å². The van der Waals surface area contributed by atoms with Crippen molar-refractivity contribution < 1.29 is 4.79 Å². The quantitative estimate of drug-likeness (QED) is 0.717. The molecule has 2 aromatic rings. The van der Waals surface area contributed by atoms with Crippen LogP contribution < -0.4 is 0 Å². The van der Waals surface area contributed by atoms with Crippen LogP contribution in [0.25, 0.3) is 0 Å². The Hall–Kier alpha value is -1.42. The Balaban J connectivity index is 1.95. The second-order valence-electron chi connectivity index (χ2n) is 2.98. The third-order valence-corrected chi connectivity index (χ3v) is 2.91. The second-order valence-corrected chi connectivity index (χ2v) is 4.02. The summed E-state index contributed by atoms with van der Waals surface area (Å²) in [6, 6.07) is 4.16. The monoisotopic (exact) mass is 206 g/mol. The van der Waals surface area contributed by atoms with E-state index in [4.69, 9.17) is 0 Å². The number of aldehydes is 1. The lowest BCUT2D eigenvalue weighted by atomic mass is 10.3. The molecule has 0 fully saturated rings. The molecule has 14 heavy (non-hydrogen) atoms. The summed E-state index contributed by atoms with van der Waals surface area (Å²) in [5.74, 6) is 0. The number of rotatable bonds is 4. The first-order chi connectivity index (χ1) is 6.88. The van der Waals surface area contributed by atoms with Crippen molar-refractivity contribution in [2.45, 2.75) is 13.0 Å². The molecule has 3 nitrogen and oxygen atoms in total. The van der Waals surface area contributed by atoms with Crippen molar-refractivity contribution in [3.63, 3.8) is 0 Å². The summed E-state index contributed by atoms with van der Waals surface area (Å²) in [4.78, 5) is 15.7. The van der Waals surface area contributed by atoms with Gasteiger partial charge in [-0.3, -0.25) is 4.79 Å². The van der Waals surface area contributed by atoms with E-state index >= 15 is 0 Å². The molecular weight excluding hydrogens is 196 g/mol. The lowest BCUT2D eigenvalue weighted by Crippen LogP contribution is -1.96. The van der Waals surface area contributed by atoms with Gasteiger partial charge in [0.2, 0.25) is 0 Å². The lowest BCUT2D eigenvalue weighted by Gasteiger charge is -1.98. The van der Waals surface area contributed by atoms with Gasteiger partial charge in [0.05, 0.1) is 6.33 Å². The fourth-order valence-corrected chi connectivity index (χ4v) is 1.95. The van der Waals surface area contributed by atoms with Crippen molar-refractivity contribution in [3.8, 4) is 0 Å². The van der Waals surface area contributed by atoms with E-state index in [1.54, 1.807) is 23.9 Å². The van der Waals surface area contributed by atoms with Crippen LogP contribution in [0.15, 0.2) is 30.0 Å². The standard InChI is InChI=1S/C10H10N2OS/c13-7-9-6-12(8-11-9)4-3-10-2-1-5-14-10/h1-2,5-8H,3-4H2. The summed E-state index contributed by atoms with van der Waals surface area (Å²) < 4.78 is 1.93. The molecule has 0 atom stereocenters. The van der Waals surface area contributed by atoms with E-state index in [0.717, 1.165) is 19.3 Å². The highest BCUT2D eigenvalue weighted by Crippen LogP contribution is 2.10. The van der Waals surface area contributed by atoms with E-state index in [-0.39, 0.29) is 0 Å². The SMILES string of the molecule is O=Cc1cn(CCc2cccs2)cn1. The molecule has 2 heterocycles. The van der Waals surface area contributed by atoms with Crippen LogP contribution in [-0.4, -0.2) is 15.8 Å². The number of imidazole rings is 1. The zero-order valence-electron chi connectivity index (χ0n) is 7.59. The van der Waals surface area contributed by atoms with E-state index in [1.807, 2.05) is 10.6 Å². The van der Waals surface area contributed by atoms with Crippen LogP contribution in [0.5, 0.6) is 0 Å². The average Bonchev–Trinajstić information content (AvgIpc) is 2.86. The van der Waals surface area contributed by atoms with Gasteiger partial charge in [-0.15, -0.1) is 11.3 Å². The molecule has 4 heteroatoms. The molecule has 0 unspecified atom stereocenters. The second kappa shape index (κ2) is 4.19. The Morgan fingerprint density at radius 3 is 3.14 bits per heavy atom. The van der Waals surface area contributed by atoms with Crippen LogP contribution in [0.3, 0.4) is 0 Å². The maximum atomic E-state index is 10.4. The summed E-state index contributed by atoms with van der Waals surface area (Å²) in [7, 11) is 0. The summed E-state index contributed by atoms with van der Waals surface area (Å²) >= 11 is 1.75. The molecule has 2 rings (SSSR count). The topological polar surface area (TPSA) is 34.9 Å². The number of aryl methyl sites for hydroxylation is 2. The Morgan fingerprint density at radius 1 is 1.57 bits per heavy atom. The van der Waals surface area contributed by atoms with Gasteiger partial charge in [-0.2, -0.15) is 0 Å². The van der Waals surface area contributed by atoms with E-state index in [2.05, 4.69) is 16.4 Å². The first kappa shape index (κ1) is 9.15. The van der Waals surface area contributed by atoms with E-state index < -0.39 is 0 Å². The summed E-state index contributed by atoms with van der Waals surface area (Å²) in [5.41, 5.74) is 0.496. The molecule has 0 aliphatic heterocycles. The fourth-order valence-electron chi connectivity index (χ4n) is 1.25. The van der Waals surface area contributed by atoms with E-state index in [0.29, 0.717) is 5.69 Å². The third-order valence-electron chi connectivity index (χ3n) is 1.97. The highest BCUT2D eigenvalue weighted by molar-refractivity contribution is 7.09. The number of carbonyl (C=O) groups excluding carboxylic acids is 1. The molecule has 72 valence electrons. The normalized spacial score (nSPS) is 10.3. The highest BCUT2D eigenvalue weighted by atomic mass is 32.1. The number of nitrogens with zero attached hydrogens (tertiary/aromatic N) is 2. The van der Waals surface area contributed by atoms with Crippen LogP contribution in [0.1, 0.15) is 15.4 Å². The molecule has 0 bridgehead atoms. The Morgan fingerprint density at radius 2 is 2.50 bits per heavy atom. The van der Waals surface area contributed by atoms with Crippen LogP contribution in [-0.2, 0) is 13.0 Å². The van der Waals surface area contributed by atoms with Gasteiger partial charge in [0.1, 0.15) is 5.69 Å². The molecular formula is C10H10N2OS. The maximum Gasteiger partial charge on any atom is 0.169 e. The van der Waals surface area contributed by atoms with Crippen molar-refractivity contribution in [1.82, 2.24) is 9.55 Å². The van der Waals surface area contributed by atoms with Crippen LogP contribution in [0, 0.1) is 0 Å². The van der Waals surface area contributed by atoms with Gasteiger partial charge in [0.25, 0.3) is 0 Å². The number of thiophene rings is 1. The number of hydrogen-bond acceptors (Lipinski definition) is 3. The number of carbonyl (C=O) groups is 1. The maximum absolute atomic E-state index is 10.4. The van der Waals surface area contributed by atoms with Gasteiger partial charge < -0.3 is 4.57 Å². The summed E-state index contributed by atoms with van der Waals surface area (Å²) in [5, 5.41) is 2.07. The molecule has 0 radical (unpaired) electrons. The van der Waals surface area contributed by atoms with Crippen molar-refractivity contribution >= 4 is 17.6 Å². The van der Waals surface area contributed by atoms with Crippen LogP contribution >= 0.6 is 11.3 Å². The van der Waals surface area contributed by atoms with Gasteiger partial charge in [-0.1, -0.05) is 6.07 Å². The van der Waals surface area contributed by atoms with Crippen molar-refractivity contribution in [2.24, 2.45) is 0 Å². The predicted octanol–water partition coefficient (Wildman–Crippen LogP) is 2.00. The third kappa shape index (κ3) is 2.09. The first-order valence-corrected chi connectivity index (χ1v) is 5.26. The van der Waals surface area contributed by atoms with E-state index in [1.165, 1.54) is 4.88 Å². The van der Waals surface area contributed by atoms with Gasteiger partial charge in [0.15, 0.2) is 6.29 Å². The average molecular weight is 206 g/mol. The zero-order chi connectivity index (χ0) is 9.80. The Labute approximate surface area is 86.0 Å². The minimum Gasteiger partial charge on any atom is -0.336 e. The van der Waals surface area contributed by atoms with Gasteiger partial charge in [-0.25, -0.2) is 4.98 Å². The largest absolute Gasteiger partial charge is 0.336 e. The minimum absolute atomic E-state index is 0.496.